The summed E-state index contributed by atoms with van der Waals surface area (Å²) in [6.07, 6.45) is -3.81. The van der Waals surface area contributed by atoms with E-state index >= 15 is 0 Å². The molecule has 2 aromatic carbocycles. The van der Waals surface area contributed by atoms with Crippen LogP contribution in [0.3, 0.4) is 0 Å². The van der Waals surface area contributed by atoms with E-state index in [-0.39, 0.29) is 0 Å². The topological polar surface area (TPSA) is 109 Å². The number of hydrogen-bond donors (Lipinski definition) is 4. The van der Waals surface area contributed by atoms with Gasteiger partial charge in [0.2, 0.25) is 0 Å². The van der Waals surface area contributed by atoms with E-state index in [0.29, 0.717) is 36.8 Å². The van der Waals surface area contributed by atoms with Gasteiger partial charge >= 0.3 is 0 Å². The quantitative estimate of drug-likeness (QED) is 0.314. The van der Waals surface area contributed by atoms with Crippen LogP contribution in [0.5, 0.6) is 5.75 Å². The molecule has 0 saturated carbocycles. The Morgan fingerprint density at radius 3 is 2.44 bits per heavy atom. The molecule has 0 aliphatic carbocycles. The van der Waals surface area contributed by atoms with E-state index in [1.165, 1.54) is 0 Å². The summed E-state index contributed by atoms with van der Waals surface area (Å²) in [7, 11) is 0. The Labute approximate surface area is 192 Å². The molecule has 1 saturated heterocycles. The molecular weight excluding hydrogens is 436 g/mol. The number of halogens is 1. The van der Waals surface area contributed by atoms with Crippen LogP contribution in [0.4, 0.5) is 0 Å². The van der Waals surface area contributed by atoms with E-state index in [2.05, 4.69) is 6.58 Å². The lowest BCUT2D eigenvalue weighted by Crippen LogP contribution is -2.55. The van der Waals surface area contributed by atoms with Gasteiger partial charge in [-0.1, -0.05) is 41.9 Å². The van der Waals surface area contributed by atoms with E-state index in [0.717, 1.165) is 16.9 Å². The number of benzene rings is 2. The Bertz CT molecular complexity index is 871. The SMILES string of the molecule is C=CCOCCOc1ccc(Cc2cc(C3O[C@H](CO)[C@@H](O)[C@H](O)[C@H]3O)ccc2Cl)cc1. The first-order valence-electron chi connectivity index (χ1n) is 10.4. The first-order valence-corrected chi connectivity index (χ1v) is 10.8. The number of ether oxygens (including phenoxy) is 3. The Hall–Kier alpha value is -1.97. The van der Waals surface area contributed by atoms with Gasteiger partial charge in [0.25, 0.3) is 0 Å². The third-order valence-corrected chi connectivity index (χ3v) is 5.71. The van der Waals surface area contributed by atoms with Crippen LogP contribution in [0.1, 0.15) is 22.8 Å². The zero-order valence-corrected chi connectivity index (χ0v) is 18.4. The fraction of sp³-hybridized carbons (Fsp3) is 0.417. The number of aliphatic hydroxyl groups is 4. The maximum absolute atomic E-state index is 10.4. The second kappa shape index (κ2) is 11.8. The molecule has 8 heteroatoms. The van der Waals surface area contributed by atoms with Crippen molar-refractivity contribution >= 4 is 11.6 Å². The van der Waals surface area contributed by atoms with Crippen LogP contribution in [0.15, 0.2) is 55.1 Å². The fourth-order valence-electron chi connectivity index (χ4n) is 3.59. The van der Waals surface area contributed by atoms with Crippen molar-refractivity contribution in [3.8, 4) is 5.75 Å². The molecule has 1 aliphatic rings. The highest BCUT2D eigenvalue weighted by Gasteiger charge is 2.44. The van der Waals surface area contributed by atoms with E-state index in [4.69, 9.17) is 25.8 Å². The van der Waals surface area contributed by atoms with Gasteiger partial charge in [0.05, 0.1) is 19.8 Å². The number of rotatable bonds is 10. The van der Waals surface area contributed by atoms with Crippen molar-refractivity contribution in [3.05, 3.63) is 76.8 Å². The molecule has 1 heterocycles. The average molecular weight is 465 g/mol. The van der Waals surface area contributed by atoms with Crippen LogP contribution < -0.4 is 4.74 Å². The third-order valence-electron chi connectivity index (χ3n) is 5.34. The largest absolute Gasteiger partial charge is 0.491 e. The third kappa shape index (κ3) is 6.08. The van der Waals surface area contributed by atoms with Crippen molar-refractivity contribution in [1.29, 1.82) is 0 Å². The summed E-state index contributed by atoms with van der Waals surface area (Å²) in [5, 5.41) is 40.4. The smallest absolute Gasteiger partial charge is 0.119 e. The Morgan fingerprint density at radius 2 is 1.75 bits per heavy atom. The van der Waals surface area contributed by atoms with Gasteiger partial charge in [0, 0.05) is 5.02 Å². The van der Waals surface area contributed by atoms with Crippen molar-refractivity contribution < 1.29 is 34.6 Å². The first kappa shape index (κ1) is 24.7. The lowest BCUT2D eigenvalue weighted by molar-refractivity contribution is -0.231. The molecule has 1 unspecified atom stereocenters. The Kier molecular flexibility index (Phi) is 9.07. The zero-order valence-electron chi connectivity index (χ0n) is 17.6. The predicted molar refractivity (Wildman–Crippen MR) is 120 cm³/mol. The lowest BCUT2D eigenvalue weighted by atomic mass is 9.90. The van der Waals surface area contributed by atoms with Crippen LogP contribution in [0.25, 0.3) is 0 Å². The van der Waals surface area contributed by atoms with Gasteiger partial charge in [-0.25, -0.2) is 0 Å². The second-order valence-electron chi connectivity index (χ2n) is 7.63. The monoisotopic (exact) mass is 464 g/mol. The summed E-state index contributed by atoms with van der Waals surface area (Å²) >= 11 is 6.39. The van der Waals surface area contributed by atoms with Gasteiger partial charge in [-0.3, -0.25) is 0 Å². The number of hydrogen-bond acceptors (Lipinski definition) is 7. The van der Waals surface area contributed by atoms with Crippen molar-refractivity contribution in [2.24, 2.45) is 0 Å². The van der Waals surface area contributed by atoms with Gasteiger partial charge in [-0.2, -0.15) is 0 Å². The van der Waals surface area contributed by atoms with Gasteiger partial charge in [0.1, 0.15) is 42.9 Å². The Morgan fingerprint density at radius 1 is 1.00 bits per heavy atom. The fourth-order valence-corrected chi connectivity index (χ4v) is 3.78. The molecular formula is C24H29ClO7. The summed E-state index contributed by atoms with van der Waals surface area (Å²) < 4.78 is 16.6. The lowest BCUT2D eigenvalue weighted by Gasteiger charge is -2.40. The molecule has 1 fully saturated rings. The molecule has 0 spiro atoms. The van der Waals surface area contributed by atoms with Crippen LogP contribution in [0.2, 0.25) is 5.02 Å². The molecule has 1 aliphatic heterocycles. The van der Waals surface area contributed by atoms with Gasteiger partial charge < -0.3 is 34.6 Å². The molecule has 2 aromatic rings. The summed E-state index contributed by atoms with van der Waals surface area (Å²) in [6.45, 7) is 4.53. The summed E-state index contributed by atoms with van der Waals surface area (Å²) in [4.78, 5) is 0. The van der Waals surface area contributed by atoms with Crippen molar-refractivity contribution in [2.45, 2.75) is 36.9 Å². The summed E-state index contributed by atoms with van der Waals surface area (Å²) in [5.41, 5.74) is 2.42. The maximum atomic E-state index is 10.4. The molecule has 32 heavy (non-hydrogen) atoms. The van der Waals surface area contributed by atoms with E-state index in [1.54, 1.807) is 24.3 Å². The molecule has 0 amide bonds. The second-order valence-corrected chi connectivity index (χ2v) is 8.04. The molecule has 0 radical (unpaired) electrons. The minimum atomic E-state index is -1.43. The summed E-state index contributed by atoms with van der Waals surface area (Å²) in [5.74, 6) is 0.733. The van der Waals surface area contributed by atoms with Crippen molar-refractivity contribution in [3.63, 3.8) is 0 Å². The standard InChI is InChI=1S/C24H29ClO7/c1-2-9-30-10-11-31-18-6-3-15(4-7-18)12-17-13-16(5-8-19(17)25)24-23(29)22(28)21(27)20(14-26)32-24/h2-8,13,20-24,26-29H,1,9-12,14H2/t20-,21-,22+,23-,24?/m1/s1. The van der Waals surface area contributed by atoms with Crippen molar-refractivity contribution in [1.82, 2.24) is 0 Å². The van der Waals surface area contributed by atoms with Crippen LogP contribution in [-0.4, -0.2) is 71.3 Å². The molecule has 5 atom stereocenters. The molecule has 0 aromatic heterocycles. The molecule has 7 nitrogen and oxygen atoms in total. The minimum Gasteiger partial charge on any atom is -0.491 e. The first-order chi connectivity index (χ1) is 15.4. The van der Waals surface area contributed by atoms with Crippen LogP contribution >= 0.6 is 11.6 Å². The van der Waals surface area contributed by atoms with E-state index < -0.39 is 37.1 Å². The van der Waals surface area contributed by atoms with Gasteiger partial charge in [-0.15, -0.1) is 6.58 Å². The molecule has 3 rings (SSSR count). The highest BCUT2D eigenvalue weighted by atomic mass is 35.5. The molecule has 0 bridgehead atoms. The molecule has 4 N–H and O–H groups in total. The normalized spacial score (nSPS) is 25.5. The van der Waals surface area contributed by atoms with Crippen LogP contribution in [0, 0.1) is 0 Å². The highest BCUT2D eigenvalue weighted by molar-refractivity contribution is 6.31. The minimum absolute atomic E-state index is 0.445. The van der Waals surface area contributed by atoms with E-state index in [1.807, 2.05) is 24.3 Å². The average Bonchev–Trinajstić information content (AvgIpc) is 2.80. The van der Waals surface area contributed by atoms with Gasteiger partial charge in [-0.05, 0) is 41.3 Å². The van der Waals surface area contributed by atoms with Crippen molar-refractivity contribution in [2.75, 3.05) is 26.4 Å². The van der Waals surface area contributed by atoms with Crippen LogP contribution in [-0.2, 0) is 15.9 Å². The maximum Gasteiger partial charge on any atom is 0.119 e. The van der Waals surface area contributed by atoms with E-state index in [9.17, 15) is 20.4 Å². The Balaban J connectivity index is 1.68. The number of aliphatic hydroxyl groups excluding tert-OH is 4. The molecule has 174 valence electrons. The highest BCUT2D eigenvalue weighted by Crippen LogP contribution is 2.34. The summed E-state index contributed by atoms with van der Waals surface area (Å²) in [6, 6.07) is 12.8. The van der Waals surface area contributed by atoms with Gasteiger partial charge in [0.15, 0.2) is 0 Å². The predicted octanol–water partition coefficient (Wildman–Crippen LogP) is 2.03. The zero-order chi connectivity index (χ0) is 23.1.